The second kappa shape index (κ2) is 18.7. The zero-order chi connectivity index (χ0) is 14.1. The molecule has 0 rings (SSSR count). The zero-order valence-electron chi connectivity index (χ0n) is 11.4. The third-order valence-electron chi connectivity index (χ3n) is 1.65. The van der Waals surface area contributed by atoms with E-state index in [2.05, 4.69) is 11.7 Å². The number of aliphatic hydroxyl groups excluding tert-OH is 2. The van der Waals surface area contributed by atoms with E-state index in [0.717, 1.165) is 19.4 Å². The Balaban J connectivity index is 0. The normalized spacial score (nSPS) is 9.56. The molecule has 0 fully saturated rings. The highest BCUT2D eigenvalue weighted by Crippen LogP contribution is 1.87. The number of ether oxygens (including phenoxy) is 3. The first-order valence-electron chi connectivity index (χ1n) is 6.19. The van der Waals surface area contributed by atoms with Crippen molar-refractivity contribution in [2.45, 2.75) is 26.7 Å². The van der Waals surface area contributed by atoms with Gasteiger partial charge in [0.2, 0.25) is 0 Å². The molecule has 2 N–H and O–H groups in total. The van der Waals surface area contributed by atoms with Crippen LogP contribution in [0.15, 0.2) is 0 Å². The van der Waals surface area contributed by atoms with E-state index in [1.54, 1.807) is 0 Å². The summed E-state index contributed by atoms with van der Waals surface area (Å²) in [6.07, 6.45) is 2.24. The Morgan fingerprint density at radius 2 is 1.44 bits per heavy atom. The molecule has 6 nitrogen and oxygen atoms in total. The van der Waals surface area contributed by atoms with Crippen molar-refractivity contribution in [1.82, 2.24) is 0 Å². The smallest absolute Gasteiger partial charge is 0.302 e. The first kappa shape index (κ1) is 19.6. The number of hydrogen-bond donors (Lipinski definition) is 2. The lowest BCUT2D eigenvalue weighted by atomic mass is 10.4. The summed E-state index contributed by atoms with van der Waals surface area (Å²) >= 11 is 0. The van der Waals surface area contributed by atoms with E-state index in [-0.39, 0.29) is 19.2 Å². The average molecular weight is 266 g/mol. The van der Waals surface area contributed by atoms with Crippen LogP contribution in [-0.4, -0.2) is 62.4 Å². The van der Waals surface area contributed by atoms with Crippen LogP contribution in [0.25, 0.3) is 0 Å². The van der Waals surface area contributed by atoms with Crippen molar-refractivity contribution in [2.75, 3.05) is 46.2 Å². The molecule has 0 aromatic carbocycles. The highest BCUT2D eigenvalue weighted by molar-refractivity contribution is 5.65. The topological polar surface area (TPSA) is 85.2 Å². The molecule has 0 radical (unpaired) electrons. The minimum Gasteiger partial charge on any atom is -0.463 e. The number of esters is 1. The highest BCUT2D eigenvalue weighted by atomic mass is 16.6. The molecule has 0 bridgehead atoms. The van der Waals surface area contributed by atoms with E-state index < -0.39 is 0 Å². The van der Waals surface area contributed by atoms with Crippen LogP contribution in [0.5, 0.6) is 0 Å². The minimum atomic E-state index is -0.271. The molecule has 0 spiro atoms. The molecule has 0 aromatic heterocycles. The van der Waals surface area contributed by atoms with Crippen LogP contribution < -0.4 is 0 Å². The van der Waals surface area contributed by atoms with Crippen molar-refractivity contribution < 1.29 is 29.2 Å². The van der Waals surface area contributed by atoms with Gasteiger partial charge in [-0.25, -0.2) is 0 Å². The molecule has 6 heteroatoms. The predicted octanol–water partition coefficient (Wildman–Crippen LogP) is 0.354. The summed E-state index contributed by atoms with van der Waals surface area (Å²) < 4.78 is 15.1. The second-order valence-electron chi connectivity index (χ2n) is 3.37. The SMILES string of the molecule is CCCCOCCOCCOC(C)=O.OCCO. The Labute approximate surface area is 109 Å². The van der Waals surface area contributed by atoms with Gasteiger partial charge in [-0.1, -0.05) is 13.3 Å². The van der Waals surface area contributed by atoms with Crippen LogP contribution in [0.4, 0.5) is 0 Å². The van der Waals surface area contributed by atoms with Crippen molar-refractivity contribution in [3.63, 3.8) is 0 Å². The lowest BCUT2D eigenvalue weighted by Gasteiger charge is -2.05. The largest absolute Gasteiger partial charge is 0.463 e. The van der Waals surface area contributed by atoms with Crippen LogP contribution in [0.1, 0.15) is 26.7 Å². The Morgan fingerprint density at radius 1 is 0.944 bits per heavy atom. The molecule has 0 amide bonds. The summed E-state index contributed by atoms with van der Waals surface area (Å²) in [7, 11) is 0. The van der Waals surface area contributed by atoms with Crippen LogP contribution in [0.2, 0.25) is 0 Å². The van der Waals surface area contributed by atoms with Crippen molar-refractivity contribution in [3.05, 3.63) is 0 Å². The van der Waals surface area contributed by atoms with Crippen molar-refractivity contribution in [2.24, 2.45) is 0 Å². The minimum absolute atomic E-state index is 0.125. The van der Waals surface area contributed by atoms with Crippen LogP contribution in [-0.2, 0) is 19.0 Å². The molecule has 0 aliphatic carbocycles. The van der Waals surface area contributed by atoms with Crippen LogP contribution >= 0.6 is 0 Å². The average Bonchev–Trinajstić information content (AvgIpc) is 2.37. The summed E-state index contributed by atoms with van der Waals surface area (Å²) in [5.41, 5.74) is 0. The third-order valence-corrected chi connectivity index (χ3v) is 1.65. The van der Waals surface area contributed by atoms with Crippen molar-refractivity contribution in [1.29, 1.82) is 0 Å². The van der Waals surface area contributed by atoms with E-state index in [4.69, 9.17) is 19.7 Å². The fourth-order valence-corrected chi connectivity index (χ4v) is 0.813. The number of hydrogen-bond acceptors (Lipinski definition) is 6. The molecule has 0 aliphatic rings. The van der Waals surface area contributed by atoms with Gasteiger partial charge < -0.3 is 24.4 Å². The van der Waals surface area contributed by atoms with E-state index in [1.165, 1.54) is 6.92 Å². The number of carbonyl (C=O) groups is 1. The standard InChI is InChI=1S/C10H20O4.C2H6O2/c1-3-4-5-12-6-7-13-8-9-14-10(2)11;3-1-2-4/h3-9H2,1-2H3;3-4H,1-2H2. The Kier molecular flexibility index (Phi) is 20.4. The molecule has 0 saturated heterocycles. The molecule has 0 heterocycles. The summed E-state index contributed by atoms with van der Waals surface area (Å²) in [4.78, 5) is 10.3. The van der Waals surface area contributed by atoms with E-state index >= 15 is 0 Å². The van der Waals surface area contributed by atoms with Gasteiger partial charge in [0.25, 0.3) is 0 Å². The van der Waals surface area contributed by atoms with Gasteiger partial charge in [0.15, 0.2) is 0 Å². The monoisotopic (exact) mass is 266 g/mol. The van der Waals surface area contributed by atoms with Gasteiger partial charge in [-0.15, -0.1) is 0 Å². The molecule has 0 unspecified atom stereocenters. The van der Waals surface area contributed by atoms with Crippen LogP contribution in [0.3, 0.4) is 0 Å². The molecule has 0 saturated carbocycles. The number of unbranched alkanes of at least 4 members (excludes halogenated alkanes) is 1. The van der Waals surface area contributed by atoms with E-state index in [1.807, 2.05) is 0 Å². The molecule has 110 valence electrons. The predicted molar refractivity (Wildman–Crippen MR) is 67.4 cm³/mol. The van der Waals surface area contributed by atoms with Gasteiger partial charge in [-0.2, -0.15) is 0 Å². The number of aliphatic hydroxyl groups is 2. The fraction of sp³-hybridized carbons (Fsp3) is 0.917. The molecule has 0 aliphatic heterocycles. The number of rotatable bonds is 10. The van der Waals surface area contributed by atoms with E-state index in [0.29, 0.717) is 26.4 Å². The maximum absolute atomic E-state index is 10.3. The van der Waals surface area contributed by atoms with Gasteiger partial charge in [-0.05, 0) is 6.42 Å². The van der Waals surface area contributed by atoms with Crippen molar-refractivity contribution >= 4 is 5.97 Å². The second-order valence-corrected chi connectivity index (χ2v) is 3.37. The van der Waals surface area contributed by atoms with Gasteiger partial charge in [0.1, 0.15) is 6.61 Å². The molecule has 0 atom stereocenters. The lowest BCUT2D eigenvalue weighted by molar-refractivity contribution is -0.142. The Hall–Kier alpha value is -0.690. The molecular weight excluding hydrogens is 240 g/mol. The fourth-order valence-electron chi connectivity index (χ4n) is 0.813. The number of carbonyl (C=O) groups excluding carboxylic acids is 1. The van der Waals surface area contributed by atoms with Crippen molar-refractivity contribution in [3.8, 4) is 0 Å². The summed E-state index contributed by atoms with van der Waals surface area (Å²) in [6, 6.07) is 0. The Bertz CT molecular complexity index is 161. The lowest BCUT2D eigenvalue weighted by Crippen LogP contribution is -2.11. The quantitative estimate of drug-likeness (QED) is 0.438. The summed E-state index contributed by atoms with van der Waals surface area (Å²) in [5, 5.41) is 15.2. The molecule has 18 heavy (non-hydrogen) atoms. The van der Waals surface area contributed by atoms with Gasteiger partial charge in [-0.3, -0.25) is 4.79 Å². The summed E-state index contributed by atoms with van der Waals surface area (Å²) in [5.74, 6) is -0.271. The Morgan fingerprint density at radius 3 is 1.89 bits per heavy atom. The maximum Gasteiger partial charge on any atom is 0.302 e. The zero-order valence-corrected chi connectivity index (χ0v) is 11.4. The molecular formula is C12H26O6. The van der Waals surface area contributed by atoms with E-state index in [9.17, 15) is 4.79 Å². The summed E-state index contributed by atoms with van der Waals surface area (Å²) in [6.45, 7) is 5.99. The highest BCUT2D eigenvalue weighted by Gasteiger charge is 1.93. The first-order valence-corrected chi connectivity index (χ1v) is 6.19. The van der Waals surface area contributed by atoms with Gasteiger partial charge in [0.05, 0.1) is 33.0 Å². The van der Waals surface area contributed by atoms with Crippen LogP contribution in [0, 0.1) is 0 Å². The maximum atomic E-state index is 10.3. The van der Waals surface area contributed by atoms with Gasteiger partial charge in [0, 0.05) is 13.5 Å². The third kappa shape index (κ3) is 24.5. The van der Waals surface area contributed by atoms with Gasteiger partial charge >= 0.3 is 5.97 Å². The first-order chi connectivity index (χ1) is 8.68. The molecule has 0 aromatic rings.